The van der Waals surface area contributed by atoms with Gasteiger partial charge in [-0.1, -0.05) is 24.3 Å². The average molecular weight is 411 g/mol. The smallest absolute Gasteiger partial charge is 0.161 e. The molecule has 0 amide bonds. The zero-order valence-electron chi connectivity index (χ0n) is 17.7. The van der Waals surface area contributed by atoms with E-state index in [9.17, 15) is 5.11 Å². The summed E-state index contributed by atoms with van der Waals surface area (Å²) in [4.78, 5) is 2.12. The van der Waals surface area contributed by atoms with Crippen LogP contribution in [0.1, 0.15) is 16.9 Å². The van der Waals surface area contributed by atoms with Crippen LogP contribution in [-0.4, -0.2) is 43.5 Å². The van der Waals surface area contributed by atoms with Crippen LogP contribution in [0.5, 0.6) is 17.2 Å². The minimum Gasteiger partial charge on any atom is -0.493 e. The predicted octanol–water partition coefficient (Wildman–Crippen LogP) is 4.05. The molecule has 1 unspecified atom stereocenters. The molecule has 0 fully saturated rings. The lowest BCUT2D eigenvalue weighted by Gasteiger charge is -2.25. The zero-order chi connectivity index (χ0) is 21.3. The molecule has 6 heteroatoms. The van der Waals surface area contributed by atoms with E-state index in [0.717, 1.165) is 22.6 Å². The second-order valence-electron chi connectivity index (χ2n) is 7.17. The van der Waals surface area contributed by atoms with Crippen molar-refractivity contribution in [1.82, 2.24) is 4.90 Å². The molecule has 1 heterocycles. The topological polar surface area (TPSA) is 64.3 Å². The van der Waals surface area contributed by atoms with Crippen LogP contribution in [0.25, 0.3) is 0 Å². The number of aliphatic hydroxyl groups excluding tert-OH is 1. The minimum absolute atomic E-state index is 0.214. The highest BCUT2D eigenvalue weighted by molar-refractivity contribution is 5.42. The van der Waals surface area contributed by atoms with Crippen molar-refractivity contribution >= 4 is 0 Å². The molecule has 30 heavy (non-hydrogen) atoms. The van der Waals surface area contributed by atoms with Gasteiger partial charge in [0.05, 0.1) is 27.0 Å². The summed E-state index contributed by atoms with van der Waals surface area (Å²) in [7, 11) is 3.24. The molecule has 0 aliphatic carbocycles. The summed E-state index contributed by atoms with van der Waals surface area (Å²) in [5, 5.41) is 10.6. The van der Waals surface area contributed by atoms with Crippen LogP contribution >= 0.6 is 0 Å². The van der Waals surface area contributed by atoms with E-state index in [4.69, 9.17) is 18.6 Å². The fourth-order valence-electron chi connectivity index (χ4n) is 3.30. The first-order valence-electron chi connectivity index (χ1n) is 9.91. The van der Waals surface area contributed by atoms with E-state index < -0.39 is 6.10 Å². The molecule has 160 valence electrons. The fraction of sp³-hybridized carbons (Fsp3) is 0.333. The van der Waals surface area contributed by atoms with Crippen molar-refractivity contribution in [2.24, 2.45) is 0 Å². The second kappa shape index (κ2) is 10.7. The number of hydrogen-bond acceptors (Lipinski definition) is 6. The number of rotatable bonds is 11. The van der Waals surface area contributed by atoms with Gasteiger partial charge in [0.15, 0.2) is 11.5 Å². The van der Waals surface area contributed by atoms with Crippen LogP contribution in [-0.2, 0) is 13.1 Å². The maximum absolute atomic E-state index is 10.6. The highest BCUT2D eigenvalue weighted by Gasteiger charge is 2.16. The number of aliphatic hydroxyl groups is 1. The number of furan rings is 1. The fourth-order valence-corrected chi connectivity index (χ4v) is 3.30. The third-order valence-corrected chi connectivity index (χ3v) is 4.81. The Morgan fingerprint density at radius 3 is 2.43 bits per heavy atom. The van der Waals surface area contributed by atoms with Gasteiger partial charge in [-0.05, 0) is 48.4 Å². The number of aryl methyl sites for hydroxylation is 1. The van der Waals surface area contributed by atoms with Crippen LogP contribution < -0.4 is 14.2 Å². The van der Waals surface area contributed by atoms with Crippen molar-refractivity contribution in [2.45, 2.75) is 26.1 Å². The van der Waals surface area contributed by atoms with Gasteiger partial charge in [0.2, 0.25) is 0 Å². The summed E-state index contributed by atoms with van der Waals surface area (Å²) >= 11 is 0. The van der Waals surface area contributed by atoms with Gasteiger partial charge in [0.1, 0.15) is 24.2 Å². The van der Waals surface area contributed by atoms with Crippen molar-refractivity contribution in [3.63, 3.8) is 0 Å². The van der Waals surface area contributed by atoms with Gasteiger partial charge >= 0.3 is 0 Å². The number of methoxy groups -OCH3 is 2. The number of benzene rings is 2. The van der Waals surface area contributed by atoms with E-state index >= 15 is 0 Å². The molecular formula is C24H29NO5. The molecule has 0 spiro atoms. The Morgan fingerprint density at radius 2 is 1.73 bits per heavy atom. The van der Waals surface area contributed by atoms with Gasteiger partial charge in [-0.2, -0.15) is 0 Å². The molecule has 0 aliphatic heterocycles. The van der Waals surface area contributed by atoms with Crippen molar-refractivity contribution in [1.29, 1.82) is 0 Å². The summed E-state index contributed by atoms with van der Waals surface area (Å²) in [5.41, 5.74) is 2.09. The number of hydrogen-bond donors (Lipinski definition) is 1. The first-order chi connectivity index (χ1) is 14.6. The summed E-state index contributed by atoms with van der Waals surface area (Å²) in [6.45, 7) is 3.82. The van der Waals surface area contributed by atoms with Gasteiger partial charge in [0.25, 0.3) is 0 Å². The molecule has 6 nitrogen and oxygen atoms in total. The lowest BCUT2D eigenvalue weighted by atomic mass is 10.1. The Kier molecular flexibility index (Phi) is 7.76. The lowest BCUT2D eigenvalue weighted by Crippen LogP contribution is -2.35. The first-order valence-corrected chi connectivity index (χ1v) is 9.91. The summed E-state index contributed by atoms with van der Waals surface area (Å²) in [5.74, 6) is 2.98. The Hall–Kier alpha value is -2.96. The number of para-hydroxylation sites is 1. The minimum atomic E-state index is -0.653. The molecule has 0 saturated carbocycles. The van der Waals surface area contributed by atoms with Gasteiger partial charge in [-0.15, -0.1) is 0 Å². The molecule has 2 aromatic carbocycles. The van der Waals surface area contributed by atoms with E-state index in [1.165, 1.54) is 0 Å². The van der Waals surface area contributed by atoms with Crippen LogP contribution in [0, 0.1) is 6.92 Å². The number of ether oxygens (including phenoxy) is 3. The molecule has 1 atom stereocenters. The van der Waals surface area contributed by atoms with Gasteiger partial charge < -0.3 is 23.7 Å². The first kappa shape index (κ1) is 21.7. The highest BCUT2D eigenvalue weighted by Crippen LogP contribution is 2.28. The number of nitrogens with zero attached hydrogens (tertiary/aromatic N) is 1. The Labute approximate surface area is 177 Å². The van der Waals surface area contributed by atoms with E-state index in [0.29, 0.717) is 31.1 Å². The van der Waals surface area contributed by atoms with Crippen molar-refractivity contribution in [2.75, 3.05) is 27.4 Å². The average Bonchev–Trinajstić information content (AvgIpc) is 3.26. The van der Waals surface area contributed by atoms with Crippen molar-refractivity contribution in [3.8, 4) is 17.2 Å². The Balaban J connectivity index is 1.67. The summed E-state index contributed by atoms with van der Waals surface area (Å²) in [6.07, 6.45) is 1.00. The maximum Gasteiger partial charge on any atom is 0.161 e. The van der Waals surface area contributed by atoms with E-state index in [1.807, 2.05) is 61.5 Å². The lowest BCUT2D eigenvalue weighted by molar-refractivity contribution is 0.0602. The largest absolute Gasteiger partial charge is 0.493 e. The van der Waals surface area contributed by atoms with Crippen molar-refractivity contribution < 1.29 is 23.7 Å². The maximum atomic E-state index is 10.6. The molecule has 1 aromatic heterocycles. The van der Waals surface area contributed by atoms with E-state index in [2.05, 4.69) is 4.90 Å². The van der Waals surface area contributed by atoms with Crippen LogP contribution in [0.15, 0.2) is 65.3 Å². The van der Waals surface area contributed by atoms with Gasteiger partial charge in [-0.25, -0.2) is 0 Å². The van der Waals surface area contributed by atoms with Gasteiger partial charge in [0, 0.05) is 13.1 Å². The van der Waals surface area contributed by atoms with E-state index in [-0.39, 0.29) is 6.61 Å². The van der Waals surface area contributed by atoms with Crippen LogP contribution in [0.3, 0.4) is 0 Å². The van der Waals surface area contributed by atoms with Crippen molar-refractivity contribution in [3.05, 3.63) is 77.7 Å². The standard InChI is InChI=1S/C24H29NO5/c1-18-7-4-5-9-22(18)30-17-20(26)15-25(16-21-8-6-12-29-21)14-19-10-11-23(27-2)24(13-19)28-3/h4-13,20,26H,14-17H2,1-3H3. The molecule has 0 radical (unpaired) electrons. The highest BCUT2D eigenvalue weighted by atomic mass is 16.5. The molecule has 0 bridgehead atoms. The molecule has 3 rings (SSSR count). The monoisotopic (exact) mass is 411 g/mol. The summed E-state index contributed by atoms with van der Waals surface area (Å²) < 4.78 is 22.1. The molecule has 0 aliphatic rings. The zero-order valence-corrected chi connectivity index (χ0v) is 17.7. The van der Waals surface area contributed by atoms with E-state index in [1.54, 1.807) is 20.5 Å². The predicted molar refractivity (Wildman–Crippen MR) is 115 cm³/mol. The van der Waals surface area contributed by atoms with Gasteiger partial charge in [-0.3, -0.25) is 4.90 Å². The van der Waals surface area contributed by atoms with Crippen LogP contribution in [0.2, 0.25) is 0 Å². The molecule has 3 aromatic rings. The normalized spacial score (nSPS) is 12.0. The summed E-state index contributed by atoms with van der Waals surface area (Å²) in [6, 6.07) is 17.4. The third-order valence-electron chi connectivity index (χ3n) is 4.81. The third kappa shape index (κ3) is 6.02. The Morgan fingerprint density at radius 1 is 0.933 bits per heavy atom. The molecular weight excluding hydrogens is 382 g/mol. The quantitative estimate of drug-likeness (QED) is 0.514. The molecule has 0 saturated heterocycles. The second-order valence-corrected chi connectivity index (χ2v) is 7.17. The van der Waals surface area contributed by atoms with Crippen LogP contribution in [0.4, 0.5) is 0 Å². The SMILES string of the molecule is COc1ccc(CN(Cc2ccco2)CC(O)COc2ccccc2C)cc1OC. The molecule has 1 N–H and O–H groups in total. The Bertz CT molecular complexity index is 910.